The molecule has 1 aromatic carbocycles. The molecule has 82 valence electrons. The fourth-order valence-corrected chi connectivity index (χ4v) is 2.02. The number of nitrogens with zero attached hydrogens (tertiary/aromatic N) is 2. The molecule has 0 aliphatic rings. The molecule has 0 aliphatic carbocycles. The maximum Gasteiger partial charge on any atom is 0.176 e. The Morgan fingerprint density at radius 2 is 2.00 bits per heavy atom. The summed E-state index contributed by atoms with van der Waals surface area (Å²) < 4.78 is 13.6. The van der Waals surface area contributed by atoms with E-state index in [1.165, 1.54) is 6.33 Å². The van der Waals surface area contributed by atoms with E-state index < -0.39 is 5.82 Å². The number of phenols is 1. The number of phenolic OH excluding ortho intramolecular Hbond substituents is 1. The Labute approximate surface area is 96.4 Å². The van der Waals surface area contributed by atoms with Gasteiger partial charge in [0.2, 0.25) is 0 Å². The van der Waals surface area contributed by atoms with E-state index >= 15 is 0 Å². The molecule has 0 spiro atoms. The van der Waals surface area contributed by atoms with Gasteiger partial charge in [0.05, 0.1) is 10.6 Å². The molecule has 16 heavy (non-hydrogen) atoms. The van der Waals surface area contributed by atoms with Gasteiger partial charge < -0.3 is 5.11 Å². The Balaban J connectivity index is 2.35. The van der Waals surface area contributed by atoms with Crippen LogP contribution in [-0.2, 0) is 0 Å². The van der Waals surface area contributed by atoms with E-state index in [4.69, 9.17) is 0 Å². The van der Waals surface area contributed by atoms with Gasteiger partial charge in [0.25, 0.3) is 0 Å². The summed E-state index contributed by atoms with van der Waals surface area (Å²) in [6, 6.07) is 6.74. The average molecular weight is 236 g/mol. The van der Waals surface area contributed by atoms with Crippen molar-refractivity contribution in [2.24, 2.45) is 0 Å². The quantitative estimate of drug-likeness (QED) is 0.814. The predicted octanol–water partition coefficient (Wildman–Crippen LogP) is 2.78. The highest BCUT2D eigenvalue weighted by molar-refractivity contribution is 7.99. The second-order valence-corrected chi connectivity index (χ2v) is 4.18. The van der Waals surface area contributed by atoms with Crippen molar-refractivity contribution in [3.05, 3.63) is 42.1 Å². The number of benzene rings is 1. The van der Waals surface area contributed by atoms with Crippen molar-refractivity contribution in [3.8, 4) is 5.75 Å². The summed E-state index contributed by atoms with van der Waals surface area (Å²) in [7, 11) is 0. The number of rotatable bonds is 2. The number of hydrogen-bond acceptors (Lipinski definition) is 4. The summed E-state index contributed by atoms with van der Waals surface area (Å²) in [6.45, 7) is 1.58. The summed E-state index contributed by atoms with van der Waals surface area (Å²) in [4.78, 5) is 8.15. The SMILES string of the molecule is Cc1ncnc(Sc2ccccc2O)c1F. The normalized spacial score (nSPS) is 10.4. The van der Waals surface area contributed by atoms with E-state index in [1.54, 1.807) is 31.2 Å². The van der Waals surface area contributed by atoms with Crippen molar-refractivity contribution in [1.82, 2.24) is 9.97 Å². The highest BCUT2D eigenvalue weighted by Gasteiger charge is 2.11. The van der Waals surface area contributed by atoms with Crippen LogP contribution in [0.5, 0.6) is 5.75 Å². The molecule has 0 unspecified atom stereocenters. The van der Waals surface area contributed by atoms with Gasteiger partial charge in [-0.3, -0.25) is 0 Å². The molecule has 0 radical (unpaired) electrons. The Morgan fingerprint density at radius 1 is 1.25 bits per heavy atom. The lowest BCUT2D eigenvalue weighted by atomic mass is 10.3. The molecule has 3 nitrogen and oxygen atoms in total. The first-order valence-corrected chi connectivity index (χ1v) is 5.43. The van der Waals surface area contributed by atoms with Gasteiger partial charge in [0.15, 0.2) is 5.82 Å². The summed E-state index contributed by atoms with van der Waals surface area (Å²) >= 11 is 1.08. The van der Waals surface area contributed by atoms with Crippen molar-refractivity contribution in [2.45, 2.75) is 16.8 Å². The molecule has 0 aliphatic heterocycles. The third-order valence-electron chi connectivity index (χ3n) is 2.00. The topological polar surface area (TPSA) is 46.0 Å². The van der Waals surface area contributed by atoms with Crippen LogP contribution >= 0.6 is 11.8 Å². The highest BCUT2D eigenvalue weighted by atomic mass is 32.2. The Morgan fingerprint density at radius 3 is 2.75 bits per heavy atom. The second-order valence-electron chi connectivity index (χ2n) is 3.15. The molecule has 0 atom stereocenters. The largest absolute Gasteiger partial charge is 0.507 e. The van der Waals surface area contributed by atoms with Crippen LogP contribution in [0.25, 0.3) is 0 Å². The van der Waals surface area contributed by atoms with Crippen molar-refractivity contribution < 1.29 is 9.50 Å². The van der Waals surface area contributed by atoms with Crippen LogP contribution in [-0.4, -0.2) is 15.1 Å². The van der Waals surface area contributed by atoms with E-state index in [2.05, 4.69) is 9.97 Å². The smallest absolute Gasteiger partial charge is 0.176 e. The van der Waals surface area contributed by atoms with Crippen LogP contribution in [0, 0.1) is 12.7 Å². The van der Waals surface area contributed by atoms with E-state index in [9.17, 15) is 9.50 Å². The van der Waals surface area contributed by atoms with Gasteiger partial charge in [-0.25, -0.2) is 14.4 Å². The molecule has 0 saturated carbocycles. The van der Waals surface area contributed by atoms with Crippen molar-refractivity contribution >= 4 is 11.8 Å². The molecule has 1 aromatic heterocycles. The molecular weight excluding hydrogens is 227 g/mol. The fraction of sp³-hybridized carbons (Fsp3) is 0.0909. The zero-order valence-electron chi connectivity index (χ0n) is 8.51. The molecular formula is C11H9FN2OS. The van der Waals surface area contributed by atoms with Gasteiger partial charge >= 0.3 is 0 Å². The minimum absolute atomic E-state index is 0.114. The van der Waals surface area contributed by atoms with Gasteiger partial charge in [-0.2, -0.15) is 0 Å². The van der Waals surface area contributed by atoms with Crippen LogP contribution in [0.1, 0.15) is 5.69 Å². The second kappa shape index (κ2) is 4.49. The zero-order valence-corrected chi connectivity index (χ0v) is 9.33. The Bertz CT molecular complexity index is 519. The maximum atomic E-state index is 13.6. The maximum absolute atomic E-state index is 13.6. The third kappa shape index (κ3) is 2.14. The lowest BCUT2D eigenvalue weighted by Gasteiger charge is -2.04. The zero-order chi connectivity index (χ0) is 11.5. The molecule has 1 heterocycles. The number of aryl methyl sites for hydroxylation is 1. The van der Waals surface area contributed by atoms with Gasteiger partial charge in [-0.1, -0.05) is 23.9 Å². The lowest BCUT2D eigenvalue weighted by Crippen LogP contribution is -1.93. The van der Waals surface area contributed by atoms with Gasteiger partial charge in [-0.05, 0) is 19.1 Å². The minimum Gasteiger partial charge on any atom is -0.507 e. The monoisotopic (exact) mass is 236 g/mol. The van der Waals surface area contributed by atoms with Crippen LogP contribution in [0.3, 0.4) is 0 Å². The Kier molecular flexibility index (Phi) is 3.05. The summed E-state index contributed by atoms with van der Waals surface area (Å²) in [5.74, 6) is -0.334. The summed E-state index contributed by atoms with van der Waals surface area (Å²) in [5, 5.41) is 9.76. The molecule has 2 rings (SSSR count). The molecule has 1 N–H and O–H groups in total. The van der Waals surface area contributed by atoms with Gasteiger partial charge in [0, 0.05) is 0 Å². The number of aromatic nitrogens is 2. The molecule has 0 fully saturated rings. The Hall–Kier alpha value is -1.62. The van der Waals surface area contributed by atoms with E-state index in [1.807, 2.05) is 0 Å². The van der Waals surface area contributed by atoms with Crippen LogP contribution in [0.4, 0.5) is 4.39 Å². The van der Waals surface area contributed by atoms with Gasteiger partial charge in [-0.15, -0.1) is 0 Å². The van der Waals surface area contributed by atoms with Crippen LogP contribution in [0.15, 0.2) is 40.5 Å². The van der Waals surface area contributed by atoms with E-state index in [0.29, 0.717) is 10.6 Å². The fourth-order valence-electron chi connectivity index (χ4n) is 1.15. The molecule has 2 aromatic rings. The van der Waals surface area contributed by atoms with Crippen molar-refractivity contribution in [3.63, 3.8) is 0 Å². The first-order valence-electron chi connectivity index (χ1n) is 4.61. The number of halogens is 1. The van der Waals surface area contributed by atoms with E-state index in [0.717, 1.165) is 11.8 Å². The highest BCUT2D eigenvalue weighted by Crippen LogP contribution is 2.34. The summed E-state index contributed by atoms with van der Waals surface area (Å²) in [6.07, 6.45) is 1.31. The van der Waals surface area contributed by atoms with E-state index in [-0.39, 0.29) is 10.8 Å². The lowest BCUT2D eigenvalue weighted by molar-refractivity contribution is 0.462. The number of para-hydroxylation sites is 1. The minimum atomic E-state index is -0.448. The van der Waals surface area contributed by atoms with Crippen LogP contribution < -0.4 is 0 Å². The summed E-state index contributed by atoms with van der Waals surface area (Å²) in [5.41, 5.74) is 0.299. The van der Waals surface area contributed by atoms with Crippen LogP contribution in [0.2, 0.25) is 0 Å². The predicted molar refractivity (Wildman–Crippen MR) is 59.0 cm³/mol. The molecule has 0 saturated heterocycles. The number of aromatic hydroxyl groups is 1. The molecule has 5 heteroatoms. The van der Waals surface area contributed by atoms with Crippen molar-refractivity contribution in [2.75, 3.05) is 0 Å². The first kappa shape index (κ1) is 10.9. The first-order chi connectivity index (χ1) is 7.68. The molecule has 0 bridgehead atoms. The van der Waals surface area contributed by atoms with Crippen molar-refractivity contribution in [1.29, 1.82) is 0 Å². The number of hydrogen-bond donors (Lipinski definition) is 1. The molecule has 0 amide bonds. The van der Waals surface area contributed by atoms with Gasteiger partial charge in [0.1, 0.15) is 17.1 Å². The standard InChI is InChI=1S/C11H9FN2OS/c1-7-10(12)11(14-6-13-7)16-9-5-3-2-4-8(9)15/h2-6,15H,1H3. The third-order valence-corrected chi connectivity index (χ3v) is 3.05. The average Bonchev–Trinajstić information content (AvgIpc) is 2.28.